The highest BCUT2D eigenvalue weighted by Gasteiger charge is 2.54. The van der Waals surface area contributed by atoms with Crippen molar-refractivity contribution in [2.75, 3.05) is 48.3 Å². The number of nitrogens with two attached hydrogens (primary N) is 2. The molecule has 0 radical (unpaired) electrons. The Morgan fingerprint density at radius 1 is 0.587 bits per heavy atom. The lowest BCUT2D eigenvalue weighted by atomic mass is 9.50. The smallest absolute Gasteiger partial charge is 0.223 e. The van der Waals surface area contributed by atoms with E-state index in [-0.39, 0.29) is 23.7 Å². The van der Waals surface area contributed by atoms with Crippen LogP contribution in [0.5, 0.6) is 0 Å². The Morgan fingerprint density at radius 2 is 1.00 bits per heavy atom. The summed E-state index contributed by atoms with van der Waals surface area (Å²) in [6, 6.07) is 26.1. The van der Waals surface area contributed by atoms with E-state index in [4.69, 9.17) is 31.4 Å². The van der Waals surface area contributed by atoms with Crippen LogP contribution in [0.3, 0.4) is 0 Å². The predicted molar refractivity (Wildman–Crippen MR) is 194 cm³/mol. The van der Waals surface area contributed by atoms with E-state index >= 15 is 0 Å². The molecule has 1 aliphatic rings. The van der Waals surface area contributed by atoms with Crippen LogP contribution in [-0.2, 0) is 0 Å². The minimum Gasteiger partial charge on any atom is -0.354 e. The van der Waals surface area contributed by atoms with E-state index in [1.54, 1.807) is 23.5 Å². The summed E-state index contributed by atoms with van der Waals surface area (Å²) in [6.07, 6.45) is 4.35. The molecule has 0 saturated heterocycles. The molecule has 2 heterocycles. The molecule has 244 valence electrons. The van der Waals surface area contributed by atoms with E-state index in [2.05, 4.69) is 97.3 Å². The van der Waals surface area contributed by atoms with Gasteiger partial charge in [0.15, 0.2) is 0 Å². The van der Waals surface area contributed by atoms with Crippen LogP contribution in [0, 0.1) is 0 Å². The maximum Gasteiger partial charge on any atom is 0.223 e. The van der Waals surface area contributed by atoms with Gasteiger partial charge in [0, 0.05) is 61.4 Å². The number of benzene rings is 2. The van der Waals surface area contributed by atoms with E-state index in [0.29, 0.717) is 25.0 Å². The van der Waals surface area contributed by atoms with Crippen molar-refractivity contribution < 1.29 is 0 Å². The number of nitrogens with one attached hydrogen (secondary N) is 2. The fraction of sp³-hybridized carbons (Fsp3) is 0.444. The summed E-state index contributed by atoms with van der Waals surface area (Å²) >= 11 is 3.39. The van der Waals surface area contributed by atoms with Gasteiger partial charge in [0.25, 0.3) is 0 Å². The highest BCUT2D eigenvalue weighted by molar-refractivity contribution is 7.99. The minimum atomic E-state index is 0.119. The second kappa shape index (κ2) is 17.7. The average Bonchev–Trinajstić information content (AvgIpc) is 3.07. The molecule has 0 amide bonds. The first-order valence-electron chi connectivity index (χ1n) is 16.7. The van der Waals surface area contributed by atoms with Gasteiger partial charge in [0.2, 0.25) is 11.9 Å². The Labute approximate surface area is 282 Å². The number of hydrogen-bond donors (Lipinski definition) is 4. The molecule has 0 bridgehead atoms. The van der Waals surface area contributed by atoms with Gasteiger partial charge in [-0.05, 0) is 36.1 Å². The van der Waals surface area contributed by atoms with Crippen LogP contribution in [0.4, 0.5) is 11.9 Å². The fourth-order valence-corrected chi connectivity index (χ4v) is 7.64. The lowest BCUT2D eigenvalue weighted by Gasteiger charge is -2.52. The van der Waals surface area contributed by atoms with Gasteiger partial charge in [-0.1, -0.05) is 87.4 Å². The van der Waals surface area contributed by atoms with Crippen LogP contribution < -0.4 is 22.1 Å². The summed E-state index contributed by atoms with van der Waals surface area (Å²) < 4.78 is 0. The summed E-state index contributed by atoms with van der Waals surface area (Å²) in [5, 5.41) is 8.94. The third-order valence-corrected chi connectivity index (χ3v) is 10.3. The second-order valence-corrected chi connectivity index (χ2v) is 13.9. The lowest BCUT2D eigenvalue weighted by Crippen LogP contribution is -2.41. The molecule has 10 heteroatoms. The Balaban J connectivity index is 1.65. The molecular formula is C36H48N8S2. The summed E-state index contributed by atoms with van der Waals surface area (Å²) in [5.74, 6) is 3.54. The number of anilines is 2. The van der Waals surface area contributed by atoms with Gasteiger partial charge in [-0.2, -0.15) is 0 Å². The number of unbranched alkanes of at least 4 members (excludes halogenated alkanes) is 2. The molecule has 4 aromatic rings. The Kier molecular flexibility index (Phi) is 13.1. The third-order valence-electron chi connectivity index (χ3n) is 8.41. The third kappa shape index (κ3) is 8.59. The molecular weight excluding hydrogens is 609 g/mol. The monoisotopic (exact) mass is 656 g/mol. The molecule has 1 fully saturated rings. The molecule has 5 rings (SSSR count). The molecule has 8 nitrogen and oxygen atoms in total. The van der Waals surface area contributed by atoms with Crippen LogP contribution in [-0.4, -0.2) is 57.6 Å². The number of thioether (sulfide) groups is 2. The average molecular weight is 657 g/mol. The maximum absolute atomic E-state index is 5.91. The predicted octanol–water partition coefficient (Wildman–Crippen LogP) is 7.24. The highest BCUT2D eigenvalue weighted by atomic mass is 32.2. The molecule has 1 aliphatic carbocycles. The van der Waals surface area contributed by atoms with E-state index in [9.17, 15) is 0 Å². The first kappa shape index (κ1) is 34.2. The van der Waals surface area contributed by atoms with E-state index in [1.807, 2.05) is 0 Å². The van der Waals surface area contributed by atoms with Gasteiger partial charge < -0.3 is 22.1 Å². The SMILES string of the molecule is CCCCNc1nc(SCCN)cc(C2C(c3ccccc3)C(c3cc(SCCN)nc(NCCCC)n3)C2c2ccccc2)n1. The molecule has 0 spiro atoms. The molecule has 0 aliphatic heterocycles. The molecule has 0 atom stereocenters. The zero-order chi connectivity index (χ0) is 32.1. The summed E-state index contributed by atoms with van der Waals surface area (Å²) in [7, 11) is 0. The van der Waals surface area contributed by atoms with Crippen LogP contribution in [0.2, 0.25) is 0 Å². The Bertz CT molecular complexity index is 1370. The van der Waals surface area contributed by atoms with Crippen molar-refractivity contribution in [3.63, 3.8) is 0 Å². The number of rotatable bonds is 18. The quantitative estimate of drug-likeness (QED) is 0.0494. The Morgan fingerprint density at radius 3 is 1.37 bits per heavy atom. The maximum atomic E-state index is 5.91. The molecule has 2 aromatic carbocycles. The van der Waals surface area contributed by atoms with E-state index in [0.717, 1.165) is 71.7 Å². The molecule has 6 N–H and O–H groups in total. The normalized spacial score (nSPS) is 19.0. The van der Waals surface area contributed by atoms with Crippen LogP contribution >= 0.6 is 23.5 Å². The van der Waals surface area contributed by atoms with Crippen molar-refractivity contribution in [3.8, 4) is 0 Å². The van der Waals surface area contributed by atoms with Crippen molar-refractivity contribution >= 4 is 35.4 Å². The van der Waals surface area contributed by atoms with E-state index < -0.39 is 0 Å². The van der Waals surface area contributed by atoms with Gasteiger partial charge in [0.1, 0.15) is 10.1 Å². The van der Waals surface area contributed by atoms with Crippen molar-refractivity contribution in [2.24, 2.45) is 11.5 Å². The number of aromatic nitrogens is 4. The zero-order valence-corrected chi connectivity index (χ0v) is 28.7. The molecule has 2 aromatic heterocycles. The second-order valence-electron chi connectivity index (χ2n) is 11.7. The minimum absolute atomic E-state index is 0.119. The van der Waals surface area contributed by atoms with Crippen molar-refractivity contribution in [2.45, 2.75) is 73.3 Å². The topological polar surface area (TPSA) is 128 Å². The lowest BCUT2D eigenvalue weighted by molar-refractivity contribution is 0.219. The summed E-state index contributed by atoms with van der Waals surface area (Å²) in [4.78, 5) is 20.2. The Hall–Kier alpha value is -3.18. The number of hydrogen-bond acceptors (Lipinski definition) is 10. The first-order valence-corrected chi connectivity index (χ1v) is 18.6. The molecule has 46 heavy (non-hydrogen) atoms. The van der Waals surface area contributed by atoms with Crippen molar-refractivity contribution in [1.29, 1.82) is 0 Å². The fourth-order valence-electron chi connectivity index (χ4n) is 6.28. The van der Waals surface area contributed by atoms with Gasteiger partial charge in [0.05, 0.1) is 11.4 Å². The van der Waals surface area contributed by atoms with Gasteiger partial charge in [-0.3, -0.25) is 0 Å². The summed E-state index contributed by atoms with van der Waals surface area (Å²) in [6.45, 7) is 7.28. The molecule has 1 saturated carbocycles. The van der Waals surface area contributed by atoms with Gasteiger partial charge in [-0.15, -0.1) is 23.5 Å². The van der Waals surface area contributed by atoms with Gasteiger partial charge >= 0.3 is 0 Å². The van der Waals surface area contributed by atoms with Crippen LogP contribution in [0.25, 0.3) is 0 Å². The van der Waals surface area contributed by atoms with E-state index in [1.165, 1.54) is 11.1 Å². The van der Waals surface area contributed by atoms with Crippen LogP contribution in [0.1, 0.15) is 85.7 Å². The zero-order valence-electron chi connectivity index (χ0n) is 27.1. The van der Waals surface area contributed by atoms with Gasteiger partial charge in [-0.25, -0.2) is 19.9 Å². The van der Waals surface area contributed by atoms with Crippen molar-refractivity contribution in [1.82, 2.24) is 19.9 Å². The number of nitrogens with zero attached hydrogens (tertiary/aromatic N) is 4. The highest BCUT2D eigenvalue weighted by Crippen LogP contribution is 2.66. The summed E-state index contributed by atoms with van der Waals surface area (Å²) in [5.41, 5.74) is 16.5. The van der Waals surface area contributed by atoms with Crippen LogP contribution in [0.15, 0.2) is 82.8 Å². The first-order chi connectivity index (χ1) is 22.7. The molecule has 0 unspecified atom stereocenters. The van der Waals surface area contributed by atoms with Crippen molar-refractivity contribution in [3.05, 3.63) is 95.3 Å². The standard InChI is InChI=1S/C36H48N8S2/c1-3-5-19-39-35-41-27(23-29(43-35)45-21-17-37)33-31(25-13-9-7-10-14-25)34(32(33)26-15-11-8-12-16-26)28-24-30(46-22-18-38)44-36(42-28)40-20-6-4-2/h7-16,23-24,31-34H,3-6,17-22,37-38H2,1-2H3,(H,39,41,43)(H,40,42,44). The largest absolute Gasteiger partial charge is 0.354 e.